The highest BCUT2D eigenvalue weighted by molar-refractivity contribution is 5.93. The van der Waals surface area contributed by atoms with Gasteiger partial charge < -0.3 is 16.4 Å². The van der Waals surface area contributed by atoms with Crippen molar-refractivity contribution in [3.05, 3.63) is 29.8 Å². The lowest BCUT2D eigenvalue weighted by atomic mass is 9.85. The van der Waals surface area contributed by atoms with E-state index in [9.17, 15) is 9.59 Å². The van der Waals surface area contributed by atoms with Crippen LogP contribution in [0, 0.1) is 5.92 Å². The number of anilines is 1. The van der Waals surface area contributed by atoms with Crippen molar-refractivity contribution in [1.82, 2.24) is 5.32 Å². The van der Waals surface area contributed by atoms with Crippen LogP contribution < -0.4 is 16.4 Å². The lowest BCUT2D eigenvalue weighted by Crippen LogP contribution is -2.42. The van der Waals surface area contributed by atoms with Crippen LogP contribution in [0.4, 0.5) is 5.69 Å². The molecular formula is C16H21N3O2. The van der Waals surface area contributed by atoms with E-state index in [-0.39, 0.29) is 17.7 Å². The number of nitrogens with one attached hydrogen (secondary N) is 2. The standard InChI is InChI=1S/C16H21N3O2/c17-16(7-8-16)15(21)18-10-11-3-1-6-13(9-11)19-14(20)12-4-2-5-12/h1,3,6,9,12H,2,4-5,7-8,10,17H2,(H,18,21)(H,19,20). The Labute approximate surface area is 124 Å². The zero-order chi connectivity index (χ0) is 14.9. The van der Waals surface area contributed by atoms with E-state index >= 15 is 0 Å². The second-order valence-electron chi connectivity index (χ2n) is 6.16. The molecule has 21 heavy (non-hydrogen) atoms. The fourth-order valence-corrected chi connectivity index (χ4v) is 2.39. The monoisotopic (exact) mass is 287 g/mol. The van der Waals surface area contributed by atoms with Crippen LogP contribution in [0.3, 0.4) is 0 Å². The molecule has 0 atom stereocenters. The van der Waals surface area contributed by atoms with Gasteiger partial charge in [0.1, 0.15) is 0 Å². The molecule has 1 aromatic rings. The molecule has 0 bridgehead atoms. The van der Waals surface area contributed by atoms with Gasteiger partial charge in [0.25, 0.3) is 0 Å². The van der Waals surface area contributed by atoms with Crippen molar-refractivity contribution in [2.75, 3.05) is 5.32 Å². The van der Waals surface area contributed by atoms with Crippen LogP contribution in [0.2, 0.25) is 0 Å². The van der Waals surface area contributed by atoms with Crippen molar-refractivity contribution >= 4 is 17.5 Å². The molecule has 5 nitrogen and oxygen atoms in total. The summed E-state index contributed by atoms with van der Waals surface area (Å²) >= 11 is 0. The smallest absolute Gasteiger partial charge is 0.240 e. The molecule has 2 saturated carbocycles. The molecule has 2 aliphatic carbocycles. The summed E-state index contributed by atoms with van der Waals surface area (Å²) in [6, 6.07) is 7.57. The number of carbonyl (C=O) groups is 2. The third-order valence-corrected chi connectivity index (χ3v) is 4.36. The number of hydrogen-bond donors (Lipinski definition) is 3. The van der Waals surface area contributed by atoms with Gasteiger partial charge >= 0.3 is 0 Å². The lowest BCUT2D eigenvalue weighted by Gasteiger charge is -2.24. The molecule has 4 N–H and O–H groups in total. The summed E-state index contributed by atoms with van der Waals surface area (Å²) in [7, 11) is 0. The van der Waals surface area contributed by atoms with Gasteiger partial charge in [-0.2, -0.15) is 0 Å². The SMILES string of the molecule is NC1(C(=O)NCc2cccc(NC(=O)C3CCC3)c2)CC1. The van der Waals surface area contributed by atoms with Crippen molar-refractivity contribution < 1.29 is 9.59 Å². The van der Waals surface area contributed by atoms with Crippen molar-refractivity contribution in [2.45, 2.75) is 44.2 Å². The number of nitrogens with two attached hydrogens (primary N) is 1. The molecule has 1 aromatic carbocycles. The van der Waals surface area contributed by atoms with Gasteiger partial charge in [-0.1, -0.05) is 18.6 Å². The van der Waals surface area contributed by atoms with Gasteiger partial charge in [-0.3, -0.25) is 9.59 Å². The first kappa shape index (κ1) is 14.1. The minimum atomic E-state index is -0.643. The van der Waals surface area contributed by atoms with E-state index in [1.165, 1.54) is 0 Å². The molecule has 2 aliphatic rings. The van der Waals surface area contributed by atoms with E-state index < -0.39 is 5.54 Å². The van der Waals surface area contributed by atoms with Crippen LogP contribution in [0.5, 0.6) is 0 Å². The van der Waals surface area contributed by atoms with Crippen LogP contribution in [-0.4, -0.2) is 17.4 Å². The predicted octanol–water partition coefficient (Wildman–Crippen LogP) is 1.53. The van der Waals surface area contributed by atoms with E-state index in [1.807, 2.05) is 24.3 Å². The topological polar surface area (TPSA) is 84.2 Å². The zero-order valence-electron chi connectivity index (χ0n) is 12.0. The van der Waals surface area contributed by atoms with Crippen LogP contribution in [-0.2, 0) is 16.1 Å². The molecule has 0 radical (unpaired) electrons. The average molecular weight is 287 g/mol. The summed E-state index contributed by atoms with van der Waals surface area (Å²) in [5.74, 6) is 0.174. The van der Waals surface area contributed by atoms with E-state index in [1.54, 1.807) is 0 Å². The normalized spacial score (nSPS) is 19.5. The minimum Gasteiger partial charge on any atom is -0.350 e. The van der Waals surface area contributed by atoms with Gasteiger partial charge in [-0.05, 0) is 43.4 Å². The molecular weight excluding hydrogens is 266 g/mol. The maximum atomic E-state index is 11.9. The van der Waals surface area contributed by atoms with Gasteiger partial charge in [0.05, 0.1) is 5.54 Å². The molecule has 0 spiro atoms. The Morgan fingerprint density at radius 2 is 2.05 bits per heavy atom. The number of rotatable bonds is 5. The molecule has 0 saturated heterocycles. The highest BCUT2D eigenvalue weighted by atomic mass is 16.2. The van der Waals surface area contributed by atoms with Gasteiger partial charge in [-0.15, -0.1) is 0 Å². The summed E-state index contributed by atoms with van der Waals surface area (Å²) in [4.78, 5) is 23.7. The van der Waals surface area contributed by atoms with Crippen molar-refractivity contribution in [2.24, 2.45) is 11.7 Å². The van der Waals surface area contributed by atoms with E-state index in [0.29, 0.717) is 6.54 Å². The third-order valence-electron chi connectivity index (χ3n) is 4.36. The Bertz CT molecular complexity index is 562. The molecule has 5 heteroatoms. The van der Waals surface area contributed by atoms with Crippen LogP contribution >= 0.6 is 0 Å². The van der Waals surface area contributed by atoms with Gasteiger partial charge in [0.15, 0.2) is 0 Å². The lowest BCUT2D eigenvalue weighted by molar-refractivity contribution is -0.123. The maximum absolute atomic E-state index is 11.9. The first-order valence-corrected chi connectivity index (χ1v) is 7.54. The quantitative estimate of drug-likeness (QED) is 0.768. The van der Waals surface area contributed by atoms with Crippen LogP contribution in [0.1, 0.15) is 37.7 Å². The minimum absolute atomic E-state index is 0.0913. The molecule has 0 aromatic heterocycles. The number of benzene rings is 1. The summed E-state index contributed by atoms with van der Waals surface area (Å²) in [6.07, 6.45) is 4.64. The van der Waals surface area contributed by atoms with Gasteiger partial charge in [0, 0.05) is 18.2 Å². The molecule has 112 valence electrons. The Kier molecular flexibility index (Phi) is 3.68. The molecule has 2 fully saturated rings. The van der Waals surface area contributed by atoms with Gasteiger partial charge in [-0.25, -0.2) is 0 Å². The summed E-state index contributed by atoms with van der Waals surface area (Å²) in [5, 5.41) is 5.79. The fraction of sp³-hybridized carbons (Fsp3) is 0.500. The largest absolute Gasteiger partial charge is 0.350 e. The average Bonchev–Trinajstić information content (AvgIpc) is 3.13. The van der Waals surface area contributed by atoms with Crippen molar-refractivity contribution in [3.8, 4) is 0 Å². The Balaban J connectivity index is 1.55. The summed E-state index contributed by atoms with van der Waals surface area (Å²) in [6.45, 7) is 0.435. The van der Waals surface area contributed by atoms with E-state index in [4.69, 9.17) is 5.73 Å². The zero-order valence-corrected chi connectivity index (χ0v) is 12.0. The number of hydrogen-bond acceptors (Lipinski definition) is 3. The second-order valence-corrected chi connectivity index (χ2v) is 6.16. The second kappa shape index (κ2) is 5.48. The molecule has 2 amide bonds. The first-order valence-electron chi connectivity index (χ1n) is 7.54. The Hall–Kier alpha value is -1.88. The number of carbonyl (C=O) groups excluding carboxylic acids is 2. The van der Waals surface area contributed by atoms with Crippen molar-refractivity contribution in [3.63, 3.8) is 0 Å². The molecule has 0 heterocycles. The highest BCUT2D eigenvalue weighted by Crippen LogP contribution is 2.32. The molecule has 3 rings (SSSR count). The fourth-order valence-electron chi connectivity index (χ4n) is 2.39. The summed E-state index contributed by atoms with van der Waals surface area (Å²) < 4.78 is 0. The Morgan fingerprint density at radius 1 is 1.29 bits per heavy atom. The third kappa shape index (κ3) is 3.24. The predicted molar refractivity (Wildman–Crippen MR) is 80.4 cm³/mol. The van der Waals surface area contributed by atoms with Crippen LogP contribution in [0.15, 0.2) is 24.3 Å². The van der Waals surface area contributed by atoms with E-state index in [0.717, 1.165) is 43.4 Å². The van der Waals surface area contributed by atoms with Crippen molar-refractivity contribution in [1.29, 1.82) is 0 Å². The van der Waals surface area contributed by atoms with Gasteiger partial charge in [0.2, 0.25) is 11.8 Å². The molecule has 0 aliphatic heterocycles. The van der Waals surface area contributed by atoms with E-state index in [2.05, 4.69) is 10.6 Å². The number of amides is 2. The highest BCUT2D eigenvalue weighted by Gasteiger charge is 2.45. The summed E-state index contributed by atoms with van der Waals surface area (Å²) in [5.41, 5.74) is 6.94. The van der Waals surface area contributed by atoms with Crippen LogP contribution in [0.25, 0.3) is 0 Å². The first-order chi connectivity index (χ1) is 10.1. The Morgan fingerprint density at radius 3 is 2.67 bits per heavy atom. The maximum Gasteiger partial charge on any atom is 0.240 e. The molecule has 0 unspecified atom stereocenters.